The third-order valence-corrected chi connectivity index (χ3v) is 1.57. The van der Waals surface area contributed by atoms with Gasteiger partial charge in [-0.1, -0.05) is 0 Å². The van der Waals surface area contributed by atoms with Crippen molar-refractivity contribution in [2.45, 2.75) is 24.4 Å². The topological polar surface area (TPSA) is 127 Å². The zero-order valence-electron chi connectivity index (χ0n) is 8.54. The van der Waals surface area contributed by atoms with E-state index < -0.39 is 31.0 Å². The average molecular weight is 219 g/mol. The zero-order valence-corrected chi connectivity index (χ0v) is 10.5. The molecule has 0 aromatic rings. The monoisotopic (exact) mass is 219 g/mol. The fourth-order valence-corrected chi connectivity index (χ4v) is 0.703. The van der Waals surface area contributed by atoms with E-state index in [1.54, 1.807) is 0 Å². The Morgan fingerprint density at radius 2 is 1.29 bits per heavy atom. The van der Waals surface area contributed by atoms with Crippen molar-refractivity contribution in [3.8, 4) is 0 Å². The van der Waals surface area contributed by atoms with Crippen molar-refractivity contribution < 1.29 is 55.1 Å². The SMILES string of the molecule is NC[C@H](O)[C@@H](O)[C@H](O)[C@H](O)CO.[CH3-].[Na+]. The van der Waals surface area contributed by atoms with E-state index in [0.717, 1.165) is 0 Å². The summed E-state index contributed by atoms with van der Waals surface area (Å²) in [5.41, 5.74) is 4.99. The van der Waals surface area contributed by atoms with Crippen molar-refractivity contribution in [1.29, 1.82) is 0 Å². The van der Waals surface area contributed by atoms with Gasteiger partial charge in [0.1, 0.15) is 18.3 Å². The molecular formula is C7H18NNaO5. The molecule has 0 bridgehead atoms. The van der Waals surface area contributed by atoms with Crippen LogP contribution >= 0.6 is 0 Å². The maximum Gasteiger partial charge on any atom is 1.00 e. The molecule has 7 N–H and O–H groups in total. The van der Waals surface area contributed by atoms with Crippen molar-refractivity contribution >= 4 is 0 Å². The maximum absolute atomic E-state index is 9.04. The van der Waals surface area contributed by atoms with E-state index in [0.29, 0.717) is 0 Å². The summed E-state index contributed by atoms with van der Waals surface area (Å²) in [5, 5.41) is 44.2. The van der Waals surface area contributed by atoms with Gasteiger partial charge in [-0.2, -0.15) is 0 Å². The van der Waals surface area contributed by atoms with E-state index in [1.165, 1.54) is 0 Å². The molecule has 0 aliphatic rings. The number of hydrogen-bond donors (Lipinski definition) is 6. The number of aliphatic hydroxyl groups is 5. The molecule has 0 spiro atoms. The quantitative estimate of drug-likeness (QED) is 0.202. The molecule has 0 fully saturated rings. The molecule has 0 aliphatic carbocycles. The molecule has 0 rings (SSSR count). The standard InChI is InChI=1S/C6H15NO5.CH3.Na/c7-1-3(9)5(11)6(12)4(10)2-8;;/h3-6,8-12H,1-2,7H2;1H3;/q;-1;+1/t3-,4+,5+,6+;;/m0../s1. The van der Waals surface area contributed by atoms with Crippen LogP contribution in [0, 0.1) is 7.43 Å². The maximum atomic E-state index is 9.04. The largest absolute Gasteiger partial charge is 1.00 e. The van der Waals surface area contributed by atoms with Gasteiger partial charge in [0.15, 0.2) is 0 Å². The van der Waals surface area contributed by atoms with Crippen molar-refractivity contribution in [2.24, 2.45) is 5.73 Å². The molecule has 0 aliphatic heterocycles. The van der Waals surface area contributed by atoms with Crippen LogP contribution in [0.2, 0.25) is 0 Å². The van der Waals surface area contributed by atoms with E-state index >= 15 is 0 Å². The third kappa shape index (κ3) is 6.28. The van der Waals surface area contributed by atoms with Gasteiger partial charge in [-0.15, -0.1) is 0 Å². The van der Waals surface area contributed by atoms with Gasteiger partial charge in [-0.3, -0.25) is 0 Å². The minimum absolute atomic E-state index is 0. The van der Waals surface area contributed by atoms with E-state index in [4.69, 9.17) is 31.3 Å². The summed E-state index contributed by atoms with van der Waals surface area (Å²) in [7, 11) is 0. The summed E-state index contributed by atoms with van der Waals surface area (Å²) in [6.07, 6.45) is -5.91. The Morgan fingerprint density at radius 3 is 1.57 bits per heavy atom. The van der Waals surface area contributed by atoms with Crippen LogP contribution in [0.1, 0.15) is 0 Å². The Hall–Kier alpha value is 0.760. The van der Waals surface area contributed by atoms with Crippen LogP contribution < -0.4 is 35.3 Å². The molecule has 6 nitrogen and oxygen atoms in total. The summed E-state index contributed by atoms with van der Waals surface area (Å²) in [6.45, 7) is -0.911. The van der Waals surface area contributed by atoms with Gasteiger partial charge in [-0.25, -0.2) is 0 Å². The normalized spacial score (nSPS) is 18.4. The van der Waals surface area contributed by atoms with Crippen molar-refractivity contribution in [3.63, 3.8) is 0 Å². The zero-order chi connectivity index (χ0) is 9.72. The minimum atomic E-state index is -1.59. The van der Waals surface area contributed by atoms with Crippen LogP contribution in [0.5, 0.6) is 0 Å². The Bertz CT molecular complexity index is 115. The Kier molecular flexibility index (Phi) is 14.8. The van der Waals surface area contributed by atoms with Crippen molar-refractivity contribution in [1.82, 2.24) is 0 Å². The Morgan fingerprint density at radius 1 is 0.929 bits per heavy atom. The van der Waals surface area contributed by atoms with Gasteiger partial charge < -0.3 is 38.7 Å². The Labute approximate surface area is 106 Å². The van der Waals surface area contributed by atoms with Crippen molar-refractivity contribution in [2.75, 3.05) is 13.2 Å². The predicted molar refractivity (Wildman–Crippen MR) is 46.6 cm³/mol. The van der Waals surface area contributed by atoms with Gasteiger partial charge >= 0.3 is 29.6 Å². The van der Waals surface area contributed by atoms with Crippen LogP contribution in [-0.4, -0.2) is 63.1 Å². The second-order valence-electron chi connectivity index (χ2n) is 2.53. The summed E-state index contributed by atoms with van der Waals surface area (Å²) < 4.78 is 0. The van der Waals surface area contributed by atoms with Gasteiger partial charge in [0.2, 0.25) is 0 Å². The third-order valence-electron chi connectivity index (χ3n) is 1.57. The average Bonchev–Trinajstić information content (AvgIpc) is 2.12. The summed E-state index contributed by atoms with van der Waals surface area (Å²) >= 11 is 0. The first-order chi connectivity index (χ1) is 5.54. The van der Waals surface area contributed by atoms with Crippen LogP contribution in [0.4, 0.5) is 0 Å². The predicted octanol–water partition coefficient (Wildman–Crippen LogP) is -6.16. The molecule has 0 heterocycles. The smallest absolute Gasteiger partial charge is 0.394 e. The second kappa shape index (κ2) is 10.3. The van der Waals surface area contributed by atoms with Gasteiger partial charge in [0.05, 0.1) is 12.7 Å². The van der Waals surface area contributed by atoms with E-state index in [9.17, 15) is 0 Å². The molecule has 4 atom stereocenters. The molecule has 0 unspecified atom stereocenters. The molecule has 14 heavy (non-hydrogen) atoms. The molecule has 7 heteroatoms. The van der Waals surface area contributed by atoms with E-state index in [-0.39, 0.29) is 43.5 Å². The summed E-state index contributed by atoms with van der Waals surface area (Å²) in [4.78, 5) is 0. The van der Waals surface area contributed by atoms with E-state index in [2.05, 4.69) is 0 Å². The van der Waals surface area contributed by atoms with E-state index in [1.807, 2.05) is 0 Å². The first kappa shape index (κ1) is 20.2. The molecular weight excluding hydrogens is 201 g/mol. The van der Waals surface area contributed by atoms with Gasteiger partial charge in [-0.05, 0) is 0 Å². The van der Waals surface area contributed by atoms with Crippen LogP contribution in [0.15, 0.2) is 0 Å². The number of nitrogens with two attached hydrogens (primary N) is 1. The van der Waals surface area contributed by atoms with Crippen molar-refractivity contribution in [3.05, 3.63) is 7.43 Å². The molecule has 0 saturated carbocycles. The first-order valence-electron chi connectivity index (χ1n) is 3.57. The summed E-state index contributed by atoms with van der Waals surface area (Å²) in [6, 6.07) is 0. The molecule has 0 saturated heterocycles. The number of hydrogen-bond acceptors (Lipinski definition) is 6. The van der Waals surface area contributed by atoms with Gasteiger partial charge in [0, 0.05) is 6.54 Å². The molecule has 0 radical (unpaired) electrons. The van der Waals surface area contributed by atoms with Crippen LogP contribution in [-0.2, 0) is 0 Å². The minimum Gasteiger partial charge on any atom is -0.394 e. The van der Waals surface area contributed by atoms with Crippen LogP contribution in [0.25, 0.3) is 0 Å². The van der Waals surface area contributed by atoms with Gasteiger partial charge in [0.25, 0.3) is 0 Å². The number of rotatable bonds is 5. The fourth-order valence-electron chi connectivity index (χ4n) is 0.703. The second-order valence-corrected chi connectivity index (χ2v) is 2.53. The first-order valence-corrected chi connectivity index (χ1v) is 3.57. The molecule has 0 aromatic carbocycles. The molecule has 82 valence electrons. The molecule has 0 amide bonds. The fraction of sp³-hybridized carbons (Fsp3) is 0.857. The Balaban J connectivity index is -0.000000605. The van der Waals surface area contributed by atoms with Crippen LogP contribution in [0.3, 0.4) is 0 Å². The molecule has 0 aromatic heterocycles. The number of aliphatic hydroxyl groups excluding tert-OH is 5. The summed E-state index contributed by atoms with van der Waals surface area (Å²) in [5.74, 6) is 0.